The van der Waals surface area contributed by atoms with Gasteiger partial charge in [0.25, 0.3) is 0 Å². The van der Waals surface area contributed by atoms with Crippen molar-refractivity contribution in [3.63, 3.8) is 0 Å². The molecule has 1 saturated carbocycles. The summed E-state index contributed by atoms with van der Waals surface area (Å²) in [6.07, 6.45) is 1.27. The summed E-state index contributed by atoms with van der Waals surface area (Å²) in [4.78, 5) is 25.1. The fourth-order valence-corrected chi connectivity index (χ4v) is 3.52. The Morgan fingerprint density at radius 1 is 1.22 bits per heavy atom. The maximum atomic E-state index is 12.7. The smallest absolute Gasteiger partial charge is 0.309 e. The highest BCUT2D eigenvalue weighted by Gasteiger charge is 2.60. The molecule has 1 N–H and O–H groups in total. The average Bonchev–Trinajstić information content (AvgIpc) is 2.64. The molecule has 5 nitrogen and oxygen atoms in total. The van der Waals surface area contributed by atoms with Crippen molar-refractivity contribution >= 4 is 11.8 Å². The molecule has 0 aromatic carbocycles. The van der Waals surface area contributed by atoms with E-state index in [2.05, 4.69) is 0 Å². The van der Waals surface area contributed by atoms with Crippen LogP contribution in [0, 0.1) is 16.7 Å². The predicted octanol–water partition coefficient (Wildman–Crippen LogP) is 2.74. The van der Waals surface area contributed by atoms with Gasteiger partial charge in [-0.2, -0.15) is 0 Å². The predicted molar refractivity (Wildman–Crippen MR) is 88.0 cm³/mol. The summed E-state index contributed by atoms with van der Waals surface area (Å²) in [5.41, 5.74) is -2.72. The molecule has 0 aromatic heterocycles. The van der Waals surface area contributed by atoms with Crippen LogP contribution < -0.4 is 0 Å². The van der Waals surface area contributed by atoms with E-state index in [9.17, 15) is 14.7 Å². The first-order chi connectivity index (χ1) is 10.3. The molecule has 23 heavy (non-hydrogen) atoms. The molecule has 1 aliphatic rings. The van der Waals surface area contributed by atoms with Crippen molar-refractivity contribution in [1.29, 1.82) is 0 Å². The van der Waals surface area contributed by atoms with E-state index in [1.165, 1.54) is 13.8 Å². The van der Waals surface area contributed by atoms with Gasteiger partial charge in [0, 0.05) is 5.41 Å². The van der Waals surface area contributed by atoms with Crippen LogP contribution in [-0.2, 0) is 19.1 Å². The quantitative estimate of drug-likeness (QED) is 0.574. The molecule has 1 aliphatic carbocycles. The van der Waals surface area contributed by atoms with Gasteiger partial charge in [-0.3, -0.25) is 9.59 Å². The van der Waals surface area contributed by atoms with Gasteiger partial charge < -0.3 is 14.6 Å². The summed E-state index contributed by atoms with van der Waals surface area (Å²) >= 11 is 0. The second kappa shape index (κ2) is 6.89. The summed E-state index contributed by atoms with van der Waals surface area (Å²) in [5.74, 6) is -0.846. The van der Waals surface area contributed by atoms with Gasteiger partial charge in [-0.15, -0.1) is 0 Å². The third kappa shape index (κ3) is 4.13. The lowest BCUT2D eigenvalue weighted by molar-refractivity contribution is -0.159. The Bertz CT molecular complexity index is 447. The second-order valence-electron chi connectivity index (χ2n) is 8.12. The van der Waals surface area contributed by atoms with Crippen LogP contribution in [0.15, 0.2) is 0 Å². The van der Waals surface area contributed by atoms with Crippen molar-refractivity contribution in [1.82, 2.24) is 0 Å². The second-order valence-corrected chi connectivity index (χ2v) is 8.12. The number of aliphatic hydroxyl groups is 1. The van der Waals surface area contributed by atoms with Crippen molar-refractivity contribution in [3.8, 4) is 0 Å². The van der Waals surface area contributed by atoms with Crippen LogP contribution >= 0.6 is 0 Å². The number of Topliss-reactive ketones (excluding diaryl/α,β-unsaturated/α-hetero) is 1. The Hall–Kier alpha value is -0.940. The van der Waals surface area contributed by atoms with Crippen LogP contribution in [0.4, 0.5) is 0 Å². The third-order valence-electron chi connectivity index (χ3n) is 5.35. The van der Waals surface area contributed by atoms with Crippen LogP contribution in [-0.4, -0.2) is 41.8 Å². The van der Waals surface area contributed by atoms with E-state index in [4.69, 9.17) is 9.47 Å². The van der Waals surface area contributed by atoms with Gasteiger partial charge >= 0.3 is 5.97 Å². The highest BCUT2D eigenvalue weighted by molar-refractivity contribution is 5.93. The molecule has 0 amide bonds. The molecule has 0 radical (unpaired) electrons. The zero-order valence-electron chi connectivity index (χ0n) is 15.6. The van der Waals surface area contributed by atoms with E-state index in [0.717, 1.165) is 0 Å². The summed E-state index contributed by atoms with van der Waals surface area (Å²) in [6, 6.07) is 0. The van der Waals surface area contributed by atoms with E-state index < -0.39 is 16.4 Å². The van der Waals surface area contributed by atoms with Crippen LogP contribution in [0.3, 0.4) is 0 Å². The van der Waals surface area contributed by atoms with Gasteiger partial charge in [0.15, 0.2) is 5.78 Å². The van der Waals surface area contributed by atoms with Crippen molar-refractivity contribution in [2.75, 3.05) is 13.2 Å². The van der Waals surface area contributed by atoms with Gasteiger partial charge in [-0.05, 0) is 46.0 Å². The minimum Gasteiger partial charge on any atom is -0.463 e. The normalized spacial score (nSPS) is 27.3. The molecule has 0 saturated heterocycles. The summed E-state index contributed by atoms with van der Waals surface area (Å²) in [5, 5.41) is 10.1. The molecular formula is C18H32O5. The number of ketones is 1. The van der Waals surface area contributed by atoms with Gasteiger partial charge in [0.05, 0.1) is 18.6 Å². The van der Waals surface area contributed by atoms with Crippen LogP contribution in [0.1, 0.15) is 61.3 Å². The van der Waals surface area contributed by atoms with Crippen LogP contribution in [0.5, 0.6) is 0 Å². The first kappa shape index (κ1) is 20.1. The van der Waals surface area contributed by atoms with Crippen molar-refractivity contribution < 1.29 is 24.2 Å². The van der Waals surface area contributed by atoms with E-state index in [-0.39, 0.29) is 30.4 Å². The van der Waals surface area contributed by atoms with Crippen LogP contribution in [0.2, 0.25) is 0 Å². The maximum absolute atomic E-state index is 12.7. The highest BCUT2D eigenvalue weighted by Crippen LogP contribution is 2.57. The molecule has 0 aromatic rings. The van der Waals surface area contributed by atoms with Gasteiger partial charge in [-0.1, -0.05) is 20.8 Å². The number of carbonyl (C=O) groups excluding carboxylic acids is 2. The third-order valence-corrected chi connectivity index (χ3v) is 5.35. The average molecular weight is 328 g/mol. The number of hydrogen-bond donors (Lipinski definition) is 1. The minimum absolute atomic E-state index is 0.101. The SMILES string of the molecule is CC(C)OCCOC(=O)[C@H]1CC[C@@](C)(C(=O)C(C)(C)O)C1(C)C. The molecule has 0 spiro atoms. The van der Waals surface area contributed by atoms with Gasteiger partial charge in [0.2, 0.25) is 0 Å². The summed E-state index contributed by atoms with van der Waals surface area (Å²) in [7, 11) is 0. The maximum Gasteiger partial charge on any atom is 0.309 e. The van der Waals surface area contributed by atoms with Crippen LogP contribution in [0.25, 0.3) is 0 Å². The molecule has 2 atom stereocenters. The lowest BCUT2D eigenvalue weighted by Crippen LogP contribution is -2.50. The Morgan fingerprint density at radius 2 is 1.78 bits per heavy atom. The molecule has 5 heteroatoms. The Morgan fingerprint density at radius 3 is 2.26 bits per heavy atom. The number of rotatable bonds is 7. The number of ether oxygens (including phenoxy) is 2. The number of hydrogen-bond acceptors (Lipinski definition) is 5. The zero-order valence-corrected chi connectivity index (χ0v) is 15.6. The Labute approximate surface area is 139 Å². The first-order valence-electron chi connectivity index (χ1n) is 8.39. The molecule has 0 aliphatic heterocycles. The lowest BCUT2D eigenvalue weighted by Gasteiger charge is -2.42. The Kier molecular flexibility index (Phi) is 6.03. The monoisotopic (exact) mass is 328 g/mol. The van der Waals surface area contributed by atoms with E-state index in [1.54, 1.807) is 0 Å². The standard InChI is InChI=1S/C18H32O5/c1-12(2)22-10-11-23-14(19)13-8-9-18(7,16(13,3)4)15(20)17(5,6)21/h12-13,21H,8-11H2,1-7H3/t13-,18+/m1/s1. The zero-order chi connectivity index (χ0) is 18.1. The topological polar surface area (TPSA) is 72.8 Å². The fourth-order valence-electron chi connectivity index (χ4n) is 3.52. The van der Waals surface area contributed by atoms with E-state index in [1.807, 2.05) is 34.6 Å². The van der Waals surface area contributed by atoms with E-state index >= 15 is 0 Å². The van der Waals surface area contributed by atoms with Gasteiger partial charge in [-0.25, -0.2) is 0 Å². The van der Waals surface area contributed by atoms with Crippen molar-refractivity contribution in [3.05, 3.63) is 0 Å². The largest absolute Gasteiger partial charge is 0.463 e. The summed E-state index contributed by atoms with van der Waals surface area (Å²) in [6.45, 7) is 13.1. The molecule has 1 fully saturated rings. The van der Waals surface area contributed by atoms with E-state index in [0.29, 0.717) is 19.4 Å². The molecule has 0 bridgehead atoms. The lowest BCUT2D eigenvalue weighted by atomic mass is 9.61. The van der Waals surface area contributed by atoms with Crippen molar-refractivity contribution in [2.45, 2.75) is 73.0 Å². The molecular weight excluding hydrogens is 296 g/mol. The Balaban J connectivity index is 2.77. The molecule has 134 valence electrons. The number of carbonyl (C=O) groups is 2. The highest BCUT2D eigenvalue weighted by atomic mass is 16.6. The van der Waals surface area contributed by atoms with Crippen molar-refractivity contribution in [2.24, 2.45) is 16.7 Å². The molecule has 1 rings (SSSR count). The molecule has 0 unspecified atom stereocenters. The number of esters is 1. The van der Waals surface area contributed by atoms with Gasteiger partial charge in [0.1, 0.15) is 12.2 Å². The first-order valence-corrected chi connectivity index (χ1v) is 8.39. The summed E-state index contributed by atoms with van der Waals surface area (Å²) < 4.78 is 10.7. The fraction of sp³-hybridized carbons (Fsp3) is 0.889. The minimum atomic E-state index is -1.41. The molecule has 0 heterocycles.